The molecule has 1 aromatic carbocycles. The Bertz CT molecular complexity index is 612. The zero-order chi connectivity index (χ0) is 13.1. The van der Waals surface area contributed by atoms with Crippen molar-refractivity contribution in [1.29, 1.82) is 0 Å². The molecular weight excluding hydrogens is 257 g/mol. The smallest absolute Gasteiger partial charge is 0.268 e. The third-order valence-corrected chi connectivity index (χ3v) is 2.85. The van der Waals surface area contributed by atoms with E-state index >= 15 is 0 Å². The lowest BCUT2D eigenvalue weighted by Crippen LogP contribution is -2.15. The second-order valence-electron chi connectivity index (χ2n) is 3.34. The minimum absolute atomic E-state index is 0.0591. The lowest BCUT2D eigenvalue weighted by atomic mass is 10.2. The molecule has 0 aliphatic carbocycles. The number of halogens is 1. The van der Waals surface area contributed by atoms with Crippen molar-refractivity contribution in [3.05, 3.63) is 46.7 Å². The molecule has 0 aliphatic heterocycles. The SMILES string of the molecule is NC(=O)c1csc(NC(=O)c2ccccc2F)n1. The Hall–Kier alpha value is -2.28. The first-order valence-corrected chi connectivity index (χ1v) is 5.77. The molecule has 1 heterocycles. The maximum absolute atomic E-state index is 13.3. The van der Waals surface area contributed by atoms with E-state index in [9.17, 15) is 14.0 Å². The van der Waals surface area contributed by atoms with Crippen LogP contribution in [0.25, 0.3) is 0 Å². The molecular formula is C11H8FN3O2S. The molecule has 0 bridgehead atoms. The quantitative estimate of drug-likeness (QED) is 0.884. The molecule has 7 heteroatoms. The monoisotopic (exact) mass is 265 g/mol. The first-order valence-electron chi connectivity index (χ1n) is 4.89. The molecule has 3 N–H and O–H groups in total. The molecule has 18 heavy (non-hydrogen) atoms. The Morgan fingerprint density at radius 2 is 2.06 bits per heavy atom. The van der Waals surface area contributed by atoms with Crippen LogP contribution in [0.5, 0.6) is 0 Å². The number of anilines is 1. The molecule has 0 saturated carbocycles. The van der Waals surface area contributed by atoms with E-state index in [4.69, 9.17) is 5.73 Å². The molecule has 0 unspecified atom stereocenters. The van der Waals surface area contributed by atoms with Crippen LogP contribution in [0, 0.1) is 5.82 Å². The van der Waals surface area contributed by atoms with E-state index in [1.54, 1.807) is 6.07 Å². The minimum atomic E-state index is -0.683. The van der Waals surface area contributed by atoms with Crippen LogP contribution in [0.2, 0.25) is 0 Å². The van der Waals surface area contributed by atoms with Gasteiger partial charge in [-0.1, -0.05) is 12.1 Å². The van der Waals surface area contributed by atoms with Gasteiger partial charge in [-0.25, -0.2) is 9.37 Å². The number of thiazole rings is 1. The van der Waals surface area contributed by atoms with E-state index in [0.29, 0.717) is 0 Å². The fourth-order valence-corrected chi connectivity index (χ4v) is 1.95. The van der Waals surface area contributed by atoms with Gasteiger partial charge < -0.3 is 5.73 Å². The summed E-state index contributed by atoms with van der Waals surface area (Å²) in [5.41, 5.74) is 5.00. The van der Waals surface area contributed by atoms with Crippen molar-refractivity contribution < 1.29 is 14.0 Å². The van der Waals surface area contributed by atoms with Gasteiger partial charge in [0.25, 0.3) is 11.8 Å². The van der Waals surface area contributed by atoms with Crippen molar-refractivity contribution >= 4 is 28.3 Å². The summed E-state index contributed by atoms with van der Waals surface area (Å²) in [6, 6.07) is 5.58. The summed E-state index contributed by atoms with van der Waals surface area (Å²) >= 11 is 1.04. The van der Waals surface area contributed by atoms with Crippen LogP contribution in [0.15, 0.2) is 29.6 Å². The standard InChI is InChI=1S/C11H8FN3O2S/c12-7-4-2-1-3-6(7)10(17)15-11-14-8(5-18-11)9(13)16/h1-5H,(H2,13,16)(H,14,15,17). The summed E-state index contributed by atoms with van der Waals surface area (Å²) in [7, 11) is 0. The van der Waals surface area contributed by atoms with E-state index in [-0.39, 0.29) is 16.4 Å². The van der Waals surface area contributed by atoms with Crippen molar-refractivity contribution in [3.63, 3.8) is 0 Å². The zero-order valence-corrected chi connectivity index (χ0v) is 9.83. The first kappa shape index (κ1) is 12.2. The van der Waals surface area contributed by atoms with Gasteiger partial charge in [0.2, 0.25) is 0 Å². The Morgan fingerprint density at radius 1 is 1.33 bits per heavy atom. The van der Waals surface area contributed by atoms with Crippen molar-refractivity contribution in [2.75, 3.05) is 5.32 Å². The largest absolute Gasteiger partial charge is 0.364 e. The summed E-state index contributed by atoms with van der Waals surface area (Å²) in [5.74, 6) is -1.93. The molecule has 0 saturated heterocycles. The number of carbonyl (C=O) groups excluding carboxylic acids is 2. The molecule has 0 radical (unpaired) electrons. The van der Waals surface area contributed by atoms with Gasteiger partial charge in [0.15, 0.2) is 5.13 Å². The van der Waals surface area contributed by atoms with Crippen molar-refractivity contribution in [3.8, 4) is 0 Å². The summed E-state index contributed by atoms with van der Waals surface area (Å²) < 4.78 is 13.3. The highest BCUT2D eigenvalue weighted by Gasteiger charge is 2.13. The Labute approximate surface area is 105 Å². The van der Waals surface area contributed by atoms with Gasteiger partial charge in [-0.15, -0.1) is 11.3 Å². The van der Waals surface area contributed by atoms with Crippen LogP contribution < -0.4 is 11.1 Å². The molecule has 0 fully saturated rings. The van der Waals surface area contributed by atoms with Crippen LogP contribution >= 0.6 is 11.3 Å². The van der Waals surface area contributed by atoms with E-state index in [2.05, 4.69) is 10.3 Å². The number of hydrogen-bond donors (Lipinski definition) is 2. The number of rotatable bonds is 3. The van der Waals surface area contributed by atoms with Crippen LogP contribution in [-0.2, 0) is 0 Å². The molecule has 1 aromatic heterocycles. The van der Waals surface area contributed by atoms with Crippen molar-refractivity contribution in [1.82, 2.24) is 4.98 Å². The second-order valence-corrected chi connectivity index (χ2v) is 4.19. The molecule has 92 valence electrons. The number of carbonyl (C=O) groups is 2. The van der Waals surface area contributed by atoms with Crippen LogP contribution in [0.1, 0.15) is 20.8 Å². The molecule has 0 atom stereocenters. The summed E-state index contributed by atoms with van der Waals surface area (Å²) in [5, 5.41) is 4.00. The molecule has 5 nitrogen and oxygen atoms in total. The predicted octanol–water partition coefficient (Wildman–Crippen LogP) is 1.63. The van der Waals surface area contributed by atoms with Gasteiger partial charge in [-0.05, 0) is 12.1 Å². The minimum Gasteiger partial charge on any atom is -0.364 e. The fraction of sp³-hybridized carbons (Fsp3) is 0. The number of primary amides is 1. The Balaban J connectivity index is 2.16. The second kappa shape index (κ2) is 4.92. The predicted molar refractivity (Wildman–Crippen MR) is 65.0 cm³/mol. The molecule has 2 aromatic rings. The molecule has 0 aliphatic rings. The molecule has 2 rings (SSSR count). The number of benzene rings is 1. The lowest BCUT2D eigenvalue weighted by molar-refractivity contribution is 0.0991. The van der Waals surface area contributed by atoms with Gasteiger partial charge in [-0.2, -0.15) is 0 Å². The number of nitrogens with zero attached hydrogens (tertiary/aromatic N) is 1. The third kappa shape index (κ3) is 2.51. The van der Waals surface area contributed by atoms with Gasteiger partial charge in [0.1, 0.15) is 11.5 Å². The maximum Gasteiger partial charge on any atom is 0.268 e. The summed E-state index contributed by atoms with van der Waals surface area (Å²) in [6.07, 6.45) is 0. The lowest BCUT2D eigenvalue weighted by Gasteiger charge is -2.02. The topological polar surface area (TPSA) is 85.1 Å². The van der Waals surface area contributed by atoms with E-state index in [0.717, 1.165) is 11.3 Å². The average molecular weight is 265 g/mol. The van der Waals surface area contributed by atoms with Crippen LogP contribution in [0.3, 0.4) is 0 Å². The summed E-state index contributed by atoms with van der Waals surface area (Å²) in [4.78, 5) is 26.3. The fourth-order valence-electron chi connectivity index (χ4n) is 1.25. The highest BCUT2D eigenvalue weighted by Crippen LogP contribution is 2.17. The van der Waals surface area contributed by atoms with E-state index in [1.165, 1.54) is 23.6 Å². The highest BCUT2D eigenvalue weighted by atomic mass is 32.1. The Kier molecular flexibility index (Phi) is 3.33. The van der Waals surface area contributed by atoms with Crippen molar-refractivity contribution in [2.24, 2.45) is 5.73 Å². The number of nitrogens with one attached hydrogen (secondary N) is 1. The number of nitrogens with two attached hydrogens (primary N) is 1. The Morgan fingerprint density at radius 3 is 2.67 bits per heavy atom. The van der Waals surface area contributed by atoms with Gasteiger partial charge in [0.05, 0.1) is 5.56 Å². The van der Waals surface area contributed by atoms with Crippen LogP contribution in [-0.4, -0.2) is 16.8 Å². The first-order chi connectivity index (χ1) is 8.58. The van der Waals surface area contributed by atoms with E-state index in [1.807, 2.05) is 0 Å². The number of aromatic nitrogens is 1. The number of amides is 2. The normalized spacial score (nSPS) is 10.1. The van der Waals surface area contributed by atoms with E-state index < -0.39 is 17.6 Å². The number of hydrogen-bond acceptors (Lipinski definition) is 4. The van der Waals surface area contributed by atoms with Crippen molar-refractivity contribution in [2.45, 2.75) is 0 Å². The summed E-state index contributed by atoms with van der Waals surface area (Å²) in [6.45, 7) is 0. The molecule has 2 amide bonds. The van der Waals surface area contributed by atoms with Gasteiger partial charge >= 0.3 is 0 Å². The van der Waals surface area contributed by atoms with Gasteiger partial charge in [-0.3, -0.25) is 14.9 Å². The molecule has 0 spiro atoms. The highest BCUT2D eigenvalue weighted by molar-refractivity contribution is 7.14. The zero-order valence-electron chi connectivity index (χ0n) is 9.01. The van der Waals surface area contributed by atoms with Gasteiger partial charge in [0, 0.05) is 5.38 Å². The average Bonchev–Trinajstić information content (AvgIpc) is 2.78. The third-order valence-electron chi connectivity index (χ3n) is 2.10. The maximum atomic E-state index is 13.3. The van der Waals surface area contributed by atoms with Crippen LogP contribution in [0.4, 0.5) is 9.52 Å².